The summed E-state index contributed by atoms with van der Waals surface area (Å²) in [7, 11) is -2.18. The van der Waals surface area contributed by atoms with E-state index in [1.165, 1.54) is 30.5 Å². The highest BCUT2D eigenvalue weighted by atomic mass is 32.2. The number of piperazine rings is 1. The largest absolute Gasteiger partial charge is 0.495 e. The zero-order valence-corrected chi connectivity index (χ0v) is 18.1. The predicted octanol–water partition coefficient (Wildman–Crippen LogP) is 2.67. The number of carbonyl (C=O) groups excluding carboxylic acids is 1. The molecule has 1 aliphatic heterocycles. The average Bonchev–Trinajstić information content (AvgIpc) is 2.74. The Bertz CT molecular complexity index is 998. The van der Waals surface area contributed by atoms with Crippen LogP contribution in [0.1, 0.15) is 12.5 Å². The average molecular weight is 430 g/mol. The number of ether oxygens (including phenoxy) is 1. The van der Waals surface area contributed by atoms with Gasteiger partial charge in [-0.25, -0.2) is 8.42 Å². The lowest BCUT2D eigenvalue weighted by Gasteiger charge is -2.33. The maximum atomic E-state index is 13.1. The van der Waals surface area contributed by atoms with E-state index in [9.17, 15) is 13.2 Å². The quantitative estimate of drug-likeness (QED) is 0.732. The van der Waals surface area contributed by atoms with Gasteiger partial charge >= 0.3 is 0 Å². The molecular formula is C22H27N3O4S. The summed E-state index contributed by atoms with van der Waals surface area (Å²) in [6, 6.07) is 14.6. The molecule has 1 N–H and O–H groups in total. The first-order valence-corrected chi connectivity index (χ1v) is 11.2. The first-order valence-electron chi connectivity index (χ1n) is 9.80. The molecule has 2 aromatic carbocycles. The third-order valence-electron chi connectivity index (χ3n) is 4.92. The van der Waals surface area contributed by atoms with Gasteiger partial charge in [0, 0.05) is 39.6 Å². The highest BCUT2D eigenvalue weighted by molar-refractivity contribution is 7.89. The standard InChI is InChI=1S/C22H27N3O4S/c1-18(26)23-21-17-20(10-11-22(21)29-2)30(27,28)25-15-13-24(14-16-25)12-6-9-19-7-4-3-5-8-19/h3-11,17H,12-16H2,1-2H3,(H,23,26). The van der Waals surface area contributed by atoms with E-state index in [0.29, 0.717) is 37.6 Å². The minimum absolute atomic E-state index is 0.143. The number of carbonyl (C=O) groups is 1. The van der Waals surface area contributed by atoms with Gasteiger partial charge in [0.2, 0.25) is 15.9 Å². The van der Waals surface area contributed by atoms with E-state index in [2.05, 4.69) is 22.4 Å². The number of methoxy groups -OCH3 is 1. The molecule has 0 saturated carbocycles. The van der Waals surface area contributed by atoms with Gasteiger partial charge in [0.25, 0.3) is 0 Å². The Labute approximate surface area is 178 Å². The van der Waals surface area contributed by atoms with E-state index in [1.54, 1.807) is 6.07 Å². The van der Waals surface area contributed by atoms with Crippen LogP contribution in [-0.4, -0.2) is 63.4 Å². The fourth-order valence-electron chi connectivity index (χ4n) is 3.34. The van der Waals surface area contributed by atoms with Crippen molar-refractivity contribution in [2.45, 2.75) is 11.8 Å². The molecule has 1 heterocycles. The second-order valence-corrected chi connectivity index (χ2v) is 9.00. The van der Waals surface area contributed by atoms with Crippen molar-refractivity contribution in [1.82, 2.24) is 9.21 Å². The van der Waals surface area contributed by atoms with Gasteiger partial charge in [-0.15, -0.1) is 0 Å². The fourth-order valence-corrected chi connectivity index (χ4v) is 4.79. The molecule has 0 spiro atoms. The Morgan fingerprint density at radius 2 is 1.80 bits per heavy atom. The first-order chi connectivity index (χ1) is 14.4. The predicted molar refractivity (Wildman–Crippen MR) is 118 cm³/mol. The zero-order chi connectivity index (χ0) is 21.6. The van der Waals surface area contributed by atoms with Crippen LogP contribution in [0, 0.1) is 0 Å². The van der Waals surface area contributed by atoms with Gasteiger partial charge in [-0.2, -0.15) is 4.31 Å². The first kappa shape index (κ1) is 22.0. The third-order valence-corrected chi connectivity index (χ3v) is 6.82. The van der Waals surface area contributed by atoms with Crippen molar-refractivity contribution in [3.05, 3.63) is 60.2 Å². The summed E-state index contributed by atoms with van der Waals surface area (Å²) in [5.74, 6) is 0.124. The smallest absolute Gasteiger partial charge is 0.243 e. The minimum Gasteiger partial charge on any atom is -0.495 e. The molecule has 160 valence electrons. The van der Waals surface area contributed by atoms with Gasteiger partial charge in [0.05, 0.1) is 17.7 Å². The summed E-state index contributed by atoms with van der Waals surface area (Å²) in [4.78, 5) is 13.8. The lowest BCUT2D eigenvalue weighted by atomic mass is 10.2. The van der Waals surface area contributed by atoms with Crippen LogP contribution in [0.15, 0.2) is 59.5 Å². The molecule has 0 radical (unpaired) electrons. The van der Waals surface area contributed by atoms with Crippen molar-refractivity contribution in [3.63, 3.8) is 0 Å². The Balaban J connectivity index is 1.63. The zero-order valence-electron chi connectivity index (χ0n) is 17.2. The molecule has 8 heteroatoms. The highest BCUT2D eigenvalue weighted by Crippen LogP contribution is 2.29. The molecule has 3 rings (SSSR count). The Kier molecular flexibility index (Phi) is 7.25. The molecule has 0 unspecified atom stereocenters. The summed E-state index contributed by atoms with van der Waals surface area (Å²) in [5, 5.41) is 2.62. The van der Waals surface area contributed by atoms with Gasteiger partial charge in [-0.3, -0.25) is 9.69 Å². The molecule has 1 saturated heterocycles. The Morgan fingerprint density at radius 3 is 2.43 bits per heavy atom. The molecule has 2 aromatic rings. The van der Waals surface area contributed by atoms with E-state index < -0.39 is 10.0 Å². The molecule has 1 fully saturated rings. The van der Waals surface area contributed by atoms with Crippen molar-refractivity contribution in [2.75, 3.05) is 45.2 Å². The summed E-state index contributed by atoms with van der Waals surface area (Å²) < 4.78 is 32.8. The number of benzene rings is 2. The Morgan fingerprint density at radius 1 is 1.10 bits per heavy atom. The fraction of sp³-hybridized carbons (Fsp3) is 0.318. The molecule has 0 aliphatic carbocycles. The van der Waals surface area contributed by atoms with Crippen molar-refractivity contribution in [2.24, 2.45) is 0 Å². The van der Waals surface area contributed by atoms with E-state index in [4.69, 9.17) is 4.74 Å². The van der Waals surface area contributed by atoms with Crippen LogP contribution in [-0.2, 0) is 14.8 Å². The van der Waals surface area contributed by atoms with Crippen LogP contribution in [0.3, 0.4) is 0 Å². The van der Waals surface area contributed by atoms with Crippen LogP contribution in [0.4, 0.5) is 5.69 Å². The number of amides is 1. The maximum Gasteiger partial charge on any atom is 0.243 e. The van der Waals surface area contributed by atoms with Gasteiger partial charge in [0.1, 0.15) is 5.75 Å². The van der Waals surface area contributed by atoms with Crippen molar-refractivity contribution in [3.8, 4) is 5.75 Å². The molecule has 30 heavy (non-hydrogen) atoms. The number of rotatable bonds is 7. The Hall–Kier alpha value is -2.68. The second kappa shape index (κ2) is 9.88. The monoisotopic (exact) mass is 429 g/mol. The van der Waals surface area contributed by atoms with Crippen LogP contribution in [0.2, 0.25) is 0 Å². The number of sulfonamides is 1. The third kappa shape index (κ3) is 5.47. The highest BCUT2D eigenvalue weighted by Gasteiger charge is 2.28. The topological polar surface area (TPSA) is 79.0 Å². The van der Waals surface area contributed by atoms with Crippen LogP contribution in [0.5, 0.6) is 5.75 Å². The molecule has 0 aromatic heterocycles. The van der Waals surface area contributed by atoms with Gasteiger partial charge in [0.15, 0.2) is 0 Å². The van der Waals surface area contributed by atoms with E-state index in [-0.39, 0.29) is 10.8 Å². The second-order valence-electron chi connectivity index (χ2n) is 7.06. The van der Waals surface area contributed by atoms with Crippen LogP contribution >= 0.6 is 0 Å². The van der Waals surface area contributed by atoms with Gasteiger partial charge in [-0.1, -0.05) is 42.5 Å². The molecular weight excluding hydrogens is 402 g/mol. The van der Waals surface area contributed by atoms with Crippen molar-refractivity contribution in [1.29, 1.82) is 0 Å². The summed E-state index contributed by atoms with van der Waals surface area (Å²) in [6.45, 7) is 4.30. The van der Waals surface area contributed by atoms with Gasteiger partial charge < -0.3 is 10.1 Å². The maximum absolute atomic E-state index is 13.1. The lowest BCUT2D eigenvalue weighted by Crippen LogP contribution is -2.48. The lowest BCUT2D eigenvalue weighted by molar-refractivity contribution is -0.114. The molecule has 0 atom stereocenters. The number of hydrogen-bond donors (Lipinski definition) is 1. The number of hydrogen-bond acceptors (Lipinski definition) is 5. The SMILES string of the molecule is COc1ccc(S(=O)(=O)N2CCN(CC=Cc3ccccc3)CC2)cc1NC(C)=O. The molecule has 0 bridgehead atoms. The van der Waals surface area contributed by atoms with Crippen molar-refractivity contribution < 1.29 is 17.9 Å². The van der Waals surface area contributed by atoms with Crippen LogP contribution < -0.4 is 10.1 Å². The number of nitrogens with zero attached hydrogens (tertiary/aromatic N) is 2. The molecule has 1 aliphatic rings. The molecule has 7 nitrogen and oxygen atoms in total. The van der Waals surface area contributed by atoms with Crippen molar-refractivity contribution >= 4 is 27.7 Å². The summed E-state index contributed by atoms with van der Waals surface area (Å²) in [5.41, 5.74) is 1.49. The normalized spacial score (nSPS) is 15.9. The van der Waals surface area contributed by atoms with E-state index in [0.717, 1.165) is 12.1 Å². The molecule has 1 amide bonds. The van der Waals surface area contributed by atoms with E-state index in [1.807, 2.05) is 30.3 Å². The van der Waals surface area contributed by atoms with Gasteiger partial charge in [-0.05, 0) is 23.8 Å². The van der Waals surface area contributed by atoms with E-state index >= 15 is 0 Å². The minimum atomic E-state index is -3.65. The van der Waals surface area contributed by atoms with Crippen LogP contribution in [0.25, 0.3) is 6.08 Å². The summed E-state index contributed by atoms with van der Waals surface area (Å²) in [6.07, 6.45) is 4.17. The summed E-state index contributed by atoms with van der Waals surface area (Å²) >= 11 is 0. The number of anilines is 1. The number of nitrogens with one attached hydrogen (secondary N) is 1.